The van der Waals surface area contributed by atoms with E-state index in [1.54, 1.807) is 0 Å². The molecule has 0 atom stereocenters. The van der Waals surface area contributed by atoms with E-state index in [1.807, 2.05) is 25.2 Å². The number of ether oxygens (including phenoxy) is 1. The van der Waals surface area contributed by atoms with Crippen LogP contribution >= 0.6 is 24.0 Å². The number of nitrogens with one attached hydrogen (secondary N) is 2. The number of benzene rings is 1. The number of halogens is 1. The maximum atomic E-state index is 5.70. The summed E-state index contributed by atoms with van der Waals surface area (Å²) in [5, 5.41) is 6.78. The van der Waals surface area contributed by atoms with Crippen LogP contribution in [0.1, 0.15) is 38.7 Å². The Balaban J connectivity index is 0.00000338. The van der Waals surface area contributed by atoms with E-state index in [4.69, 9.17) is 4.74 Å². The van der Waals surface area contributed by atoms with Crippen molar-refractivity contribution in [3.63, 3.8) is 0 Å². The highest BCUT2D eigenvalue weighted by atomic mass is 127. The van der Waals surface area contributed by atoms with Gasteiger partial charge in [0.25, 0.3) is 0 Å². The van der Waals surface area contributed by atoms with Gasteiger partial charge in [-0.05, 0) is 45.3 Å². The lowest BCUT2D eigenvalue weighted by Gasteiger charge is -2.41. The zero-order valence-electron chi connectivity index (χ0n) is 16.5. The largest absolute Gasteiger partial charge is 0.375 e. The SMILES string of the molecule is CN=C(NCCOCc1ccccc1)NCC(C)(C)N1CCCCC1.I. The topological polar surface area (TPSA) is 48.9 Å². The average molecular weight is 474 g/mol. The Morgan fingerprint density at radius 1 is 1.12 bits per heavy atom. The minimum absolute atomic E-state index is 0. The minimum Gasteiger partial charge on any atom is -0.375 e. The smallest absolute Gasteiger partial charge is 0.191 e. The van der Waals surface area contributed by atoms with Crippen LogP contribution in [0.15, 0.2) is 35.3 Å². The maximum Gasteiger partial charge on any atom is 0.191 e. The van der Waals surface area contributed by atoms with Crippen LogP contribution < -0.4 is 10.6 Å². The van der Waals surface area contributed by atoms with Gasteiger partial charge in [-0.15, -0.1) is 24.0 Å². The van der Waals surface area contributed by atoms with Gasteiger partial charge in [0.05, 0.1) is 13.2 Å². The van der Waals surface area contributed by atoms with Crippen molar-refractivity contribution < 1.29 is 4.74 Å². The zero-order chi connectivity index (χ0) is 18.0. The summed E-state index contributed by atoms with van der Waals surface area (Å²) < 4.78 is 5.70. The van der Waals surface area contributed by atoms with Crippen LogP contribution in [0.3, 0.4) is 0 Å². The second-order valence-electron chi connectivity index (χ2n) is 7.25. The summed E-state index contributed by atoms with van der Waals surface area (Å²) in [4.78, 5) is 6.90. The average Bonchev–Trinajstić information content (AvgIpc) is 2.65. The van der Waals surface area contributed by atoms with Gasteiger partial charge in [0, 0.05) is 25.7 Å². The molecule has 0 amide bonds. The highest BCUT2D eigenvalue weighted by Gasteiger charge is 2.27. The van der Waals surface area contributed by atoms with Crippen molar-refractivity contribution in [1.82, 2.24) is 15.5 Å². The second-order valence-corrected chi connectivity index (χ2v) is 7.25. The van der Waals surface area contributed by atoms with Crippen molar-refractivity contribution in [2.45, 2.75) is 45.3 Å². The lowest BCUT2D eigenvalue weighted by Crippen LogP contribution is -2.55. The fourth-order valence-corrected chi connectivity index (χ4v) is 3.14. The van der Waals surface area contributed by atoms with Gasteiger partial charge in [0.1, 0.15) is 0 Å². The number of nitrogens with zero attached hydrogens (tertiary/aromatic N) is 2. The molecule has 0 saturated carbocycles. The predicted molar refractivity (Wildman–Crippen MR) is 120 cm³/mol. The number of guanidine groups is 1. The summed E-state index contributed by atoms with van der Waals surface area (Å²) in [6, 6.07) is 10.2. The molecule has 148 valence electrons. The molecule has 6 heteroatoms. The Morgan fingerprint density at radius 2 is 1.81 bits per heavy atom. The molecule has 0 aliphatic carbocycles. The summed E-state index contributed by atoms with van der Waals surface area (Å²) in [6.07, 6.45) is 4.00. The Labute approximate surface area is 176 Å². The second kappa shape index (κ2) is 12.5. The molecule has 1 fully saturated rings. The van der Waals surface area contributed by atoms with Gasteiger partial charge < -0.3 is 15.4 Å². The molecule has 1 aromatic carbocycles. The molecular formula is C20H35IN4O. The molecule has 1 aliphatic rings. The summed E-state index contributed by atoms with van der Waals surface area (Å²) in [5.41, 5.74) is 1.34. The molecule has 0 bridgehead atoms. The number of hydrogen-bond acceptors (Lipinski definition) is 3. The van der Waals surface area contributed by atoms with Crippen LogP contribution in [0.5, 0.6) is 0 Å². The van der Waals surface area contributed by atoms with Crippen LogP contribution in [0.2, 0.25) is 0 Å². The molecule has 1 saturated heterocycles. The van der Waals surface area contributed by atoms with Crippen LogP contribution in [0, 0.1) is 0 Å². The van der Waals surface area contributed by atoms with E-state index in [0.29, 0.717) is 13.2 Å². The van der Waals surface area contributed by atoms with Gasteiger partial charge in [0.2, 0.25) is 0 Å². The van der Waals surface area contributed by atoms with Gasteiger partial charge in [0.15, 0.2) is 5.96 Å². The highest BCUT2D eigenvalue weighted by Crippen LogP contribution is 2.19. The standard InChI is InChI=1S/C20H34N4O.HI/c1-20(2,24-13-8-5-9-14-24)17-23-19(21-3)22-12-15-25-16-18-10-6-4-7-11-18;/h4,6-7,10-11H,5,8-9,12-17H2,1-3H3,(H2,21,22,23);1H. The zero-order valence-corrected chi connectivity index (χ0v) is 18.8. The summed E-state index contributed by atoms with van der Waals surface area (Å²) in [6.45, 7) is 9.96. The van der Waals surface area contributed by atoms with Crippen molar-refractivity contribution in [3.8, 4) is 0 Å². The van der Waals surface area contributed by atoms with E-state index in [1.165, 1.54) is 37.9 Å². The summed E-state index contributed by atoms with van der Waals surface area (Å²) in [5.74, 6) is 0.841. The van der Waals surface area contributed by atoms with Crippen molar-refractivity contribution in [2.24, 2.45) is 4.99 Å². The lowest BCUT2D eigenvalue weighted by atomic mass is 9.98. The van der Waals surface area contributed by atoms with Gasteiger partial charge in [-0.3, -0.25) is 9.89 Å². The Kier molecular flexibility index (Phi) is 11.2. The fraction of sp³-hybridized carbons (Fsp3) is 0.650. The first-order valence-electron chi connectivity index (χ1n) is 9.43. The monoisotopic (exact) mass is 474 g/mol. The van der Waals surface area contributed by atoms with Crippen LogP contribution in [0.25, 0.3) is 0 Å². The van der Waals surface area contributed by atoms with Crippen molar-refractivity contribution in [2.75, 3.05) is 39.8 Å². The number of piperidine rings is 1. The Hall–Kier alpha value is -0.860. The van der Waals surface area contributed by atoms with Crippen molar-refractivity contribution in [1.29, 1.82) is 0 Å². The first-order valence-corrected chi connectivity index (χ1v) is 9.43. The molecule has 5 nitrogen and oxygen atoms in total. The van der Waals surface area contributed by atoms with E-state index in [9.17, 15) is 0 Å². The molecule has 0 aromatic heterocycles. The first kappa shape index (κ1) is 23.2. The number of likely N-dealkylation sites (tertiary alicyclic amines) is 1. The van der Waals surface area contributed by atoms with E-state index in [0.717, 1.165) is 19.0 Å². The van der Waals surface area contributed by atoms with Gasteiger partial charge >= 0.3 is 0 Å². The highest BCUT2D eigenvalue weighted by molar-refractivity contribution is 14.0. The molecule has 2 rings (SSSR count). The molecule has 0 spiro atoms. The van der Waals surface area contributed by atoms with E-state index < -0.39 is 0 Å². The molecule has 1 aliphatic heterocycles. The van der Waals surface area contributed by atoms with E-state index >= 15 is 0 Å². The molecule has 1 aromatic rings. The molecule has 2 N–H and O–H groups in total. The third-order valence-corrected chi connectivity index (χ3v) is 4.77. The number of rotatable bonds is 8. The third-order valence-electron chi connectivity index (χ3n) is 4.77. The summed E-state index contributed by atoms with van der Waals surface area (Å²) in [7, 11) is 1.81. The van der Waals surface area contributed by atoms with Gasteiger partial charge in [-0.25, -0.2) is 0 Å². The van der Waals surface area contributed by atoms with Crippen molar-refractivity contribution >= 4 is 29.9 Å². The normalized spacial score (nSPS) is 16.0. The van der Waals surface area contributed by atoms with Crippen LogP contribution in [0.4, 0.5) is 0 Å². The third kappa shape index (κ3) is 8.22. The van der Waals surface area contributed by atoms with E-state index in [2.05, 4.69) is 46.5 Å². The van der Waals surface area contributed by atoms with Crippen LogP contribution in [-0.4, -0.2) is 56.2 Å². The molecule has 1 heterocycles. The molecule has 0 radical (unpaired) electrons. The van der Waals surface area contributed by atoms with E-state index in [-0.39, 0.29) is 29.5 Å². The molecule has 0 unspecified atom stereocenters. The maximum absolute atomic E-state index is 5.70. The first-order chi connectivity index (χ1) is 12.1. The van der Waals surface area contributed by atoms with Crippen molar-refractivity contribution in [3.05, 3.63) is 35.9 Å². The fourth-order valence-electron chi connectivity index (χ4n) is 3.14. The Morgan fingerprint density at radius 3 is 2.46 bits per heavy atom. The van der Waals surface area contributed by atoms with Gasteiger partial charge in [-0.1, -0.05) is 36.8 Å². The summed E-state index contributed by atoms with van der Waals surface area (Å²) >= 11 is 0. The quantitative estimate of drug-likeness (QED) is 0.263. The van der Waals surface area contributed by atoms with Crippen LogP contribution in [-0.2, 0) is 11.3 Å². The predicted octanol–water partition coefficient (Wildman–Crippen LogP) is 3.25. The number of aliphatic imine (C=N–C) groups is 1. The molecular weight excluding hydrogens is 439 g/mol. The Bertz CT molecular complexity index is 516. The minimum atomic E-state index is 0. The lowest BCUT2D eigenvalue weighted by molar-refractivity contribution is 0.0980. The van der Waals surface area contributed by atoms with Gasteiger partial charge in [-0.2, -0.15) is 0 Å². The molecule has 26 heavy (non-hydrogen) atoms. The number of hydrogen-bond donors (Lipinski definition) is 2.